The Morgan fingerprint density at radius 3 is 2.53 bits per heavy atom. The van der Waals surface area contributed by atoms with Crippen LogP contribution in [0.2, 0.25) is 0 Å². The molecule has 4 nitrogen and oxygen atoms in total. The Morgan fingerprint density at radius 2 is 1.88 bits per heavy atom. The minimum Gasteiger partial charge on any atom is -0.392 e. The average molecular weight is 276 g/mol. The highest BCUT2D eigenvalue weighted by Crippen LogP contribution is 2.36. The second-order valence-electron chi connectivity index (χ2n) is 5.17. The molecule has 0 aromatic heterocycles. The molecule has 2 unspecified atom stereocenters. The molecule has 0 aromatic carbocycles. The van der Waals surface area contributed by atoms with E-state index in [1.807, 2.05) is 0 Å². The molecular weight excluding hydrogens is 256 g/mol. The van der Waals surface area contributed by atoms with Crippen LogP contribution in [0.1, 0.15) is 32.1 Å². The van der Waals surface area contributed by atoms with Crippen molar-refractivity contribution in [3.8, 4) is 0 Å². The largest absolute Gasteiger partial charge is 0.392 e. The number of rotatable bonds is 3. The summed E-state index contributed by atoms with van der Waals surface area (Å²) in [5, 5.41) is 0. The Kier molecular flexibility index (Phi) is 4.05. The van der Waals surface area contributed by atoms with E-state index in [0.29, 0.717) is 19.0 Å². The van der Waals surface area contributed by atoms with Crippen molar-refractivity contribution in [2.45, 2.75) is 32.1 Å². The molecule has 0 spiro atoms. The van der Waals surface area contributed by atoms with E-state index in [1.165, 1.54) is 25.7 Å². The first-order chi connectivity index (χ1) is 7.99. The fourth-order valence-corrected chi connectivity index (χ4v) is 4.88. The molecule has 1 heterocycles. The lowest BCUT2D eigenvalue weighted by Gasteiger charge is -2.40. The molecule has 1 saturated carbocycles. The van der Waals surface area contributed by atoms with E-state index in [4.69, 9.17) is 18.0 Å². The number of piperidine rings is 1. The highest BCUT2D eigenvalue weighted by atomic mass is 32.2. The van der Waals surface area contributed by atoms with Gasteiger partial charge in [-0.2, -0.15) is 0 Å². The van der Waals surface area contributed by atoms with Gasteiger partial charge in [-0.05, 0) is 24.7 Å². The van der Waals surface area contributed by atoms with Gasteiger partial charge in [-0.25, -0.2) is 12.7 Å². The Balaban J connectivity index is 2.02. The van der Waals surface area contributed by atoms with Crippen LogP contribution < -0.4 is 5.73 Å². The monoisotopic (exact) mass is 276 g/mol. The van der Waals surface area contributed by atoms with Crippen molar-refractivity contribution < 1.29 is 8.42 Å². The van der Waals surface area contributed by atoms with E-state index in [1.54, 1.807) is 4.31 Å². The molecule has 1 aliphatic carbocycles. The van der Waals surface area contributed by atoms with Crippen LogP contribution in [0.25, 0.3) is 0 Å². The Bertz CT molecular complexity index is 394. The Hall–Kier alpha value is -0.200. The molecule has 2 rings (SSSR count). The van der Waals surface area contributed by atoms with E-state index in [0.717, 1.165) is 12.3 Å². The molecule has 2 fully saturated rings. The molecule has 98 valence electrons. The van der Waals surface area contributed by atoms with E-state index < -0.39 is 10.0 Å². The second-order valence-corrected chi connectivity index (χ2v) is 7.67. The quantitative estimate of drug-likeness (QED) is 0.785. The maximum Gasteiger partial charge on any atom is 0.220 e. The van der Waals surface area contributed by atoms with Gasteiger partial charge in [-0.3, -0.25) is 0 Å². The molecule has 0 aromatic rings. The third-order valence-corrected chi connectivity index (χ3v) is 6.09. The van der Waals surface area contributed by atoms with Crippen molar-refractivity contribution in [3.05, 3.63) is 0 Å². The van der Waals surface area contributed by atoms with E-state index >= 15 is 0 Å². The lowest BCUT2D eigenvalue weighted by molar-refractivity contribution is 0.136. The van der Waals surface area contributed by atoms with Crippen molar-refractivity contribution in [2.75, 3.05) is 18.8 Å². The van der Waals surface area contributed by atoms with Gasteiger partial charge < -0.3 is 5.73 Å². The van der Waals surface area contributed by atoms with Crippen LogP contribution in [0.4, 0.5) is 0 Å². The number of hydrogen-bond acceptors (Lipinski definition) is 3. The highest BCUT2D eigenvalue weighted by molar-refractivity contribution is 7.92. The summed E-state index contributed by atoms with van der Waals surface area (Å²) in [7, 11) is -3.27. The minimum atomic E-state index is -3.27. The smallest absolute Gasteiger partial charge is 0.220 e. The maximum atomic E-state index is 12.0. The summed E-state index contributed by atoms with van der Waals surface area (Å²) < 4.78 is 25.7. The van der Waals surface area contributed by atoms with Crippen LogP contribution >= 0.6 is 12.2 Å². The highest BCUT2D eigenvalue weighted by Gasteiger charge is 2.35. The third-order valence-electron chi connectivity index (χ3n) is 3.97. The molecular formula is C11H20N2O2S2. The SMILES string of the molecule is NC(=S)CS(=O)(=O)N1CCC2CCCCC2C1. The molecule has 1 aliphatic heterocycles. The second kappa shape index (κ2) is 5.20. The van der Waals surface area contributed by atoms with E-state index in [9.17, 15) is 8.42 Å². The van der Waals surface area contributed by atoms with Gasteiger partial charge in [0, 0.05) is 13.1 Å². The summed E-state index contributed by atoms with van der Waals surface area (Å²) >= 11 is 4.70. The molecule has 0 bridgehead atoms. The number of hydrogen-bond donors (Lipinski definition) is 1. The van der Waals surface area contributed by atoms with E-state index in [2.05, 4.69) is 0 Å². The molecule has 17 heavy (non-hydrogen) atoms. The summed E-state index contributed by atoms with van der Waals surface area (Å²) in [6.07, 6.45) is 5.99. The lowest BCUT2D eigenvalue weighted by atomic mass is 9.76. The van der Waals surface area contributed by atoms with Crippen LogP contribution in [0.15, 0.2) is 0 Å². The van der Waals surface area contributed by atoms with Gasteiger partial charge >= 0.3 is 0 Å². The zero-order valence-corrected chi connectivity index (χ0v) is 11.6. The van der Waals surface area contributed by atoms with Crippen molar-refractivity contribution in [2.24, 2.45) is 17.6 Å². The maximum absolute atomic E-state index is 12.0. The molecule has 2 N–H and O–H groups in total. The predicted molar refractivity (Wildman–Crippen MR) is 72.2 cm³/mol. The molecule has 2 aliphatic rings. The molecule has 0 amide bonds. The van der Waals surface area contributed by atoms with Crippen molar-refractivity contribution in [3.63, 3.8) is 0 Å². The minimum absolute atomic E-state index is 0.0655. The van der Waals surface area contributed by atoms with Crippen LogP contribution in [0.3, 0.4) is 0 Å². The third kappa shape index (κ3) is 3.17. The first kappa shape index (κ1) is 13.2. The van der Waals surface area contributed by atoms with Gasteiger partial charge in [0.05, 0.1) is 4.99 Å². The molecule has 6 heteroatoms. The predicted octanol–water partition coefficient (Wildman–Crippen LogP) is 1.11. The average Bonchev–Trinajstić information content (AvgIpc) is 2.26. The van der Waals surface area contributed by atoms with Crippen molar-refractivity contribution in [1.29, 1.82) is 0 Å². The standard InChI is InChI=1S/C11H20N2O2S2/c12-11(16)8-17(14,15)13-6-5-9-3-1-2-4-10(9)7-13/h9-10H,1-8H2,(H2,12,16). The number of nitrogens with two attached hydrogens (primary N) is 1. The van der Waals surface area contributed by atoms with Crippen LogP contribution in [0, 0.1) is 11.8 Å². The first-order valence-corrected chi connectivity index (χ1v) is 8.27. The lowest BCUT2D eigenvalue weighted by Crippen LogP contribution is -2.46. The summed E-state index contributed by atoms with van der Waals surface area (Å²) in [5.41, 5.74) is 5.34. The van der Waals surface area contributed by atoms with Crippen molar-refractivity contribution in [1.82, 2.24) is 4.31 Å². The van der Waals surface area contributed by atoms with Crippen LogP contribution in [0.5, 0.6) is 0 Å². The normalized spacial score (nSPS) is 30.8. The Morgan fingerprint density at radius 1 is 1.24 bits per heavy atom. The van der Waals surface area contributed by atoms with Gasteiger partial charge in [0.1, 0.15) is 5.75 Å². The summed E-state index contributed by atoms with van der Waals surface area (Å²) in [4.78, 5) is 0.0655. The van der Waals surface area contributed by atoms with Gasteiger partial charge in [0.25, 0.3) is 0 Å². The van der Waals surface area contributed by atoms with Gasteiger partial charge in [0.15, 0.2) is 0 Å². The fourth-order valence-electron chi connectivity index (χ4n) is 3.09. The number of fused-ring (bicyclic) bond motifs is 1. The topological polar surface area (TPSA) is 63.4 Å². The van der Waals surface area contributed by atoms with Crippen LogP contribution in [-0.2, 0) is 10.0 Å². The number of thiocarbonyl (C=S) groups is 1. The Labute approximate surface area is 109 Å². The summed E-state index contributed by atoms with van der Waals surface area (Å²) in [6, 6.07) is 0. The fraction of sp³-hybridized carbons (Fsp3) is 0.909. The van der Waals surface area contributed by atoms with Crippen molar-refractivity contribution >= 4 is 27.2 Å². The molecule has 0 radical (unpaired) electrons. The van der Waals surface area contributed by atoms with E-state index in [-0.39, 0.29) is 10.7 Å². The molecule has 2 atom stereocenters. The summed E-state index contributed by atoms with van der Waals surface area (Å²) in [6.45, 7) is 1.32. The number of sulfonamides is 1. The number of nitrogens with zero attached hydrogens (tertiary/aromatic N) is 1. The van der Waals surface area contributed by atoms with Gasteiger partial charge in [0.2, 0.25) is 10.0 Å². The van der Waals surface area contributed by atoms with Gasteiger partial charge in [-0.15, -0.1) is 0 Å². The first-order valence-electron chi connectivity index (χ1n) is 6.25. The zero-order chi connectivity index (χ0) is 12.5. The summed E-state index contributed by atoms with van der Waals surface area (Å²) in [5.74, 6) is 1.11. The van der Waals surface area contributed by atoms with Crippen LogP contribution in [-0.4, -0.2) is 36.6 Å². The zero-order valence-electron chi connectivity index (χ0n) is 9.97. The van der Waals surface area contributed by atoms with Gasteiger partial charge in [-0.1, -0.05) is 31.5 Å². The molecule has 1 saturated heterocycles.